The fraction of sp³-hybridized carbons (Fsp3) is 0.200. The summed E-state index contributed by atoms with van der Waals surface area (Å²) < 4.78 is 5.70. The average molecular weight is 317 g/mol. The van der Waals surface area contributed by atoms with Crippen LogP contribution in [0.25, 0.3) is 11.1 Å². The molecule has 4 heteroatoms. The van der Waals surface area contributed by atoms with Gasteiger partial charge in [-0.2, -0.15) is 0 Å². The van der Waals surface area contributed by atoms with Gasteiger partial charge in [0.05, 0.1) is 29.7 Å². The highest BCUT2D eigenvalue weighted by Gasteiger charge is 2.61. The minimum atomic E-state index is -0.378. The number of fused-ring (bicyclic) bond motifs is 5. The van der Waals surface area contributed by atoms with Crippen LogP contribution < -0.4 is 4.90 Å². The highest BCUT2D eigenvalue weighted by Crippen LogP contribution is 2.47. The first-order valence-corrected chi connectivity index (χ1v) is 8.12. The zero-order chi connectivity index (χ0) is 16.3. The monoisotopic (exact) mass is 317 g/mol. The SMILES string of the molecule is O=C1[C@@H]2[C@H](C(=O)N1c1ccccc1-c1ccccc1)[C@@H]1C=C[C@@H]2O1. The lowest BCUT2D eigenvalue weighted by Gasteiger charge is -2.20. The number of imide groups is 1. The Kier molecular flexibility index (Phi) is 2.79. The number of benzene rings is 2. The maximum atomic E-state index is 13.0. The summed E-state index contributed by atoms with van der Waals surface area (Å²) in [6.45, 7) is 0. The molecule has 0 unspecified atom stereocenters. The Morgan fingerprint density at radius 1 is 0.750 bits per heavy atom. The molecule has 2 saturated heterocycles. The van der Waals surface area contributed by atoms with Gasteiger partial charge in [-0.05, 0) is 11.6 Å². The highest BCUT2D eigenvalue weighted by atomic mass is 16.5. The fourth-order valence-corrected chi connectivity index (χ4v) is 4.07. The smallest absolute Gasteiger partial charge is 0.240 e. The Hall–Kier alpha value is -2.72. The van der Waals surface area contributed by atoms with Gasteiger partial charge >= 0.3 is 0 Å². The van der Waals surface area contributed by atoms with Gasteiger partial charge < -0.3 is 4.74 Å². The largest absolute Gasteiger partial charge is 0.365 e. The minimum absolute atomic E-state index is 0.148. The lowest BCUT2D eigenvalue weighted by atomic mass is 9.85. The molecule has 5 rings (SSSR count). The van der Waals surface area contributed by atoms with Crippen molar-refractivity contribution in [3.63, 3.8) is 0 Å². The molecule has 118 valence electrons. The molecule has 2 fully saturated rings. The van der Waals surface area contributed by atoms with Crippen molar-refractivity contribution in [3.8, 4) is 11.1 Å². The molecule has 2 bridgehead atoms. The normalized spacial score (nSPS) is 30.2. The van der Waals surface area contributed by atoms with Crippen LogP contribution in [0.15, 0.2) is 66.7 Å². The van der Waals surface area contributed by atoms with E-state index < -0.39 is 0 Å². The van der Waals surface area contributed by atoms with Gasteiger partial charge in [0.25, 0.3) is 0 Å². The third-order valence-corrected chi connectivity index (χ3v) is 5.14. The first-order valence-electron chi connectivity index (χ1n) is 8.12. The maximum absolute atomic E-state index is 13.0. The van der Waals surface area contributed by atoms with E-state index in [1.807, 2.05) is 66.7 Å². The van der Waals surface area contributed by atoms with E-state index >= 15 is 0 Å². The van der Waals surface area contributed by atoms with E-state index in [4.69, 9.17) is 4.74 Å². The molecule has 0 saturated carbocycles. The molecule has 24 heavy (non-hydrogen) atoms. The van der Waals surface area contributed by atoms with E-state index in [-0.39, 0.29) is 35.9 Å². The second kappa shape index (κ2) is 4.89. The van der Waals surface area contributed by atoms with Gasteiger partial charge in [0.2, 0.25) is 11.8 Å². The molecular weight excluding hydrogens is 302 g/mol. The van der Waals surface area contributed by atoms with Gasteiger partial charge in [-0.25, -0.2) is 4.90 Å². The van der Waals surface area contributed by atoms with E-state index in [0.717, 1.165) is 11.1 Å². The van der Waals surface area contributed by atoms with Gasteiger partial charge in [0.1, 0.15) is 0 Å². The molecule has 3 aliphatic rings. The summed E-state index contributed by atoms with van der Waals surface area (Å²) in [7, 11) is 0. The molecule has 2 aromatic rings. The van der Waals surface area contributed by atoms with Crippen LogP contribution in [-0.2, 0) is 14.3 Å². The molecule has 0 N–H and O–H groups in total. The third-order valence-electron chi connectivity index (χ3n) is 5.14. The Morgan fingerprint density at radius 3 is 2.00 bits per heavy atom. The van der Waals surface area contributed by atoms with Crippen LogP contribution >= 0.6 is 0 Å². The van der Waals surface area contributed by atoms with Gasteiger partial charge in [0.15, 0.2) is 0 Å². The quantitative estimate of drug-likeness (QED) is 0.632. The van der Waals surface area contributed by atoms with Crippen molar-refractivity contribution in [2.24, 2.45) is 11.8 Å². The molecule has 0 radical (unpaired) electrons. The number of amides is 2. The topological polar surface area (TPSA) is 46.6 Å². The molecule has 3 heterocycles. The number of hydrogen-bond donors (Lipinski definition) is 0. The van der Waals surface area contributed by atoms with Crippen molar-refractivity contribution in [1.82, 2.24) is 0 Å². The predicted octanol–water partition coefficient (Wildman–Crippen LogP) is 2.80. The van der Waals surface area contributed by atoms with Gasteiger partial charge in [0, 0.05) is 5.56 Å². The zero-order valence-electron chi connectivity index (χ0n) is 12.8. The average Bonchev–Trinajstić information content (AvgIpc) is 3.30. The van der Waals surface area contributed by atoms with E-state index in [2.05, 4.69) is 0 Å². The number of hydrogen-bond acceptors (Lipinski definition) is 3. The molecule has 0 aromatic heterocycles. The summed E-state index contributed by atoms with van der Waals surface area (Å²) in [6, 6.07) is 17.4. The maximum Gasteiger partial charge on any atom is 0.240 e. The van der Waals surface area contributed by atoms with Crippen molar-refractivity contribution in [2.45, 2.75) is 12.2 Å². The summed E-state index contributed by atoms with van der Waals surface area (Å²) in [5, 5.41) is 0. The van der Waals surface area contributed by atoms with Gasteiger partial charge in [-0.3, -0.25) is 9.59 Å². The first-order chi connectivity index (χ1) is 11.8. The summed E-state index contributed by atoms with van der Waals surface area (Å²) in [4.78, 5) is 27.3. The molecule has 4 atom stereocenters. The molecule has 2 aromatic carbocycles. The van der Waals surface area contributed by atoms with Crippen LogP contribution in [0.3, 0.4) is 0 Å². The number of para-hydroxylation sites is 1. The predicted molar refractivity (Wildman–Crippen MR) is 89.2 cm³/mol. The summed E-state index contributed by atoms with van der Waals surface area (Å²) >= 11 is 0. The number of nitrogens with zero attached hydrogens (tertiary/aromatic N) is 1. The van der Waals surface area contributed by atoms with Crippen molar-refractivity contribution >= 4 is 17.5 Å². The van der Waals surface area contributed by atoms with Crippen molar-refractivity contribution < 1.29 is 14.3 Å². The van der Waals surface area contributed by atoms with Crippen LogP contribution in [0.2, 0.25) is 0 Å². The Bertz CT molecular complexity index is 843. The van der Waals surface area contributed by atoms with E-state index in [1.165, 1.54) is 4.90 Å². The minimum Gasteiger partial charge on any atom is -0.365 e. The second-order valence-electron chi connectivity index (χ2n) is 6.40. The molecule has 0 spiro atoms. The Labute approximate surface area is 139 Å². The van der Waals surface area contributed by atoms with E-state index in [1.54, 1.807) is 0 Å². The van der Waals surface area contributed by atoms with Crippen LogP contribution in [0.4, 0.5) is 5.69 Å². The van der Waals surface area contributed by atoms with Crippen LogP contribution in [0, 0.1) is 11.8 Å². The number of anilines is 1. The van der Waals surface area contributed by atoms with Crippen molar-refractivity contribution in [2.75, 3.05) is 4.90 Å². The molecule has 3 aliphatic heterocycles. The van der Waals surface area contributed by atoms with Crippen LogP contribution in [0.5, 0.6) is 0 Å². The standard InChI is InChI=1S/C20H15NO3/c22-19-17-15-10-11-16(24-15)18(17)20(23)21(19)14-9-5-4-8-13(14)12-6-2-1-3-7-12/h1-11,15-18H/t15-,16-,17-,18+/m0/s1. The Balaban J connectivity index is 1.61. The van der Waals surface area contributed by atoms with Crippen LogP contribution in [-0.4, -0.2) is 24.0 Å². The first kappa shape index (κ1) is 13.7. The van der Waals surface area contributed by atoms with E-state index in [9.17, 15) is 9.59 Å². The number of ether oxygens (including phenoxy) is 1. The van der Waals surface area contributed by atoms with Crippen LogP contribution in [0.1, 0.15) is 0 Å². The zero-order valence-corrected chi connectivity index (χ0v) is 12.8. The third kappa shape index (κ3) is 1.72. The number of carbonyl (C=O) groups is 2. The van der Waals surface area contributed by atoms with Crippen molar-refractivity contribution in [1.29, 1.82) is 0 Å². The van der Waals surface area contributed by atoms with Crippen molar-refractivity contribution in [3.05, 3.63) is 66.7 Å². The second-order valence-corrected chi connectivity index (χ2v) is 6.40. The summed E-state index contributed by atoms with van der Waals surface area (Å²) in [5.41, 5.74) is 2.54. The van der Waals surface area contributed by atoms with Gasteiger partial charge in [-0.1, -0.05) is 60.7 Å². The number of rotatable bonds is 2. The highest BCUT2D eigenvalue weighted by molar-refractivity contribution is 6.24. The molecule has 0 aliphatic carbocycles. The fourth-order valence-electron chi connectivity index (χ4n) is 4.07. The molecule has 4 nitrogen and oxygen atoms in total. The number of carbonyl (C=O) groups excluding carboxylic acids is 2. The Morgan fingerprint density at radius 2 is 1.33 bits per heavy atom. The molecule has 2 amide bonds. The van der Waals surface area contributed by atoms with E-state index in [0.29, 0.717) is 5.69 Å². The van der Waals surface area contributed by atoms with Gasteiger partial charge in [-0.15, -0.1) is 0 Å². The summed E-state index contributed by atoms with van der Waals surface area (Å²) in [6.07, 6.45) is 3.29. The lowest BCUT2D eigenvalue weighted by Crippen LogP contribution is -2.34. The lowest BCUT2D eigenvalue weighted by molar-refractivity contribution is -0.124. The summed E-state index contributed by atoms with van der Waals surface area (Å²) in [5.74, 6) is -1.05. The molecular formula is C20H15NO3.